The SMILES string of the molecule is Cn1ccnc1C(O)c1cc(Cl)ccc1Cl. The van der Waals surface area contributed by atoms with Crippen molar-refractivity contribution < 1.29 is 5.11 Å². The van der Waals surface area contributed by atoms with Crippen molar-refractivity contribution in [3.05, 3.63) is 52.0 Å². The van der Waals surface area contributed by atoms with E-state index in [1.54, 1.807) is 35.2 Å². The zero-order chi connectivity index (χ0) is 11.7. The second-order valence-corrected chi connectivity index (χ2v) is 4.31. The van der Waals surface area contributed by atoms with Gasteiger partial charge in [-0.1, -0.05) is 23.2 Å². The summed E-state index contributed by atoms with van der Waals surface area (Å²) in [6, 6.07) is 4.98. The van der Waals surface area contributed by atoms with E-state index in [1.807, 2.05) is 7.05 Å². The summed E-state index contributed by atoms with van der Waals surface area (Å²) >= 11 is 11.9. The van der Waals surface area contributed by atoms with Crippen LogP contribution in [0.3, 0.4) is 0 Å². The van der Waals surface area contributed by atoms with Gasteiger partial charge in [0.05, 0.1) is 0 Å². The first-order valence-electron chi connectivity index (χ1n) is 4.70. The maximum Gasteiger partial charge on any atom is 0.142 e. The molecule has 0 aliphatic heterocycles. The van der Waals surface area contributed by atoms with Crippen LogP contribution in [-0.4, -0.2) is 14.7 Å². The molecule has 1 heterocycles. The number of halogens is 2. The first kappa shape index (κ1) is 11.5. The van der Waals surface area contributed by atoms with E-state index in [0.29, 0.717) is 21.4 Å². The average molecular weight is 257 g/mol. The predicted molar refractivity (Wildman–Crippen MR) is 63.7 cm³/mol. The molecule has 0 fully saturated rings. The molecule has 2 rings (SSSR count). The van der Waals surface area contributed by atoms with Gasteiger partial charge in [0.2, 0.25) is 0 Å². The fourth-order valence-corrected chi connectivity index (χ4v) is 1.91. The Labute approximate surface area is 103 Å². The molecule has 0 bridgehead atoms. The van der Waals surface area contributed by atoms with E-state index >= 15 is 0 Å². The van der Waals surface area contributed by atoms with Gasteiger partial charge in [-0.15, -0.1) is 0 Å². The number of aliphatic hydroxyl groups is 1. The highest BCUT2D eigenvalue weighted by Crippen LogP contribution is 2.29. The minimum atomic E-state index is -0.869. The number of aromatic nitrogens is 2. The highest BCUT2D eigenvalue weighted by Gasteiger charge is 2.17. The minimum Gasteiger partial charge on any atom is -0.380 e. The predicted octanol–water partition coefficient (Wildman–Crippen LogP) is 2.81. The third-order valence-electron chi connectivity index (χ3n) is 2.36. The molecule has 1 N–H and O–H groups in total. The molecule has 0 aliphatic carbocycles. The smallest absolute Gasteiger partial charge is 0.142 e. The normalized spacial score (nSPS) is 12.8. The number of imidazole rings is 1. The largest absolute Gasteiger partial charge is 0.380 e. The summed E-state index contributed by atoms with van der Waals surface area (Å²) < 4.78 is 1.74. The van der Waals surface area contributed by atoms with Gasteiger partial charge in [-0.25, -0.2) is 4.98 Å². The van der Waals surface area contributed by atoms with Gasteiger partial charge in [0, 0.05) is 35.1 Å². The number of nitrogens with zero attached hydrogens (tertiary/aromatic N) is 2. The van der Waals surface area contributed by atoms with Crippen LogP contribution < -0.4 is 0 Å². The maximum atomic E-state index is 10.1. The molecule has 0 aliphatic rings. The monoisotopic (exact) mass is 256 g/mol. The highest BCUT2D eigenvalue weighted by molar-refractivity contribution is 6.33. The Kier molecular flexibility index (Phi) is 3.19. The molecule has 0 saturated heterocycles. The lowest BCUT2D eigenvalue weighted by Gasteiger charge is -2.12. The lowest BCUT2D eigenvalue weighted by Crippen LogP contribution is -2.07. The van der Waals surface area contributed by atoms with Crippen molar-refractivity contribution in [2.24, 2.45) is 7.05 Å². The second-order valence-electron chi connectivity index (χ2n) is 3.46. The molecule has 1 aromatic heterocycles. The standard InChI is InChI=1S/C11H10Cl2N2O/c1-15-5-4-14-11(15)10(16)8-6-7(12)2-3-9(8)13/h2-6,10,16H,1H3. The van der Waals surface area contributed by atoms with Gasteiger partial charge in [-0.2, -0.15) is 0 Å². The Hall–Kier alpha value is -1.03. The van der Waals surface area contributed by atoms with Crippen LogP contribution >= 0.6 is 23.2 Å². The summed E-state index contributed by atoms with van der Waals surface area (Å²) in [4.78, 5) is 4.07. The Morgan fingerprint density at radius 1 is 1.38 bits per heavy atom. The molecule has 3 nitrogen and oxygen atoms in total. The summed E-state index contributed by atoms with van der Waals surface area (Å²) in [5.74, 6) is 0.532. The maximum absolute atomic E-state index is 10.1. The molecule has 16 heavy (non-hydrogen) atoms. The van der Waals surface area contributed by atoms with E-state index in [-0.39, 0.29) is 0 Å². The van der Waals surface area contributed by atoms with Gasteiger partial charge in [0.25, 0.3) is 0 Å². The molecule has 1 atom stereocenters. The Bertz CT molecular complexity index is 510. The van der Waals surface area contributed by atoms with Crippen LogP contribution in [-0.2, 0) is 7.05 Å². The molecule has 0 amide bonds. The van der Waals surface area contributed by atoms with Gasteiger partial charge < -0.3 is 9.67 Å². The van der Waals surface area contributed by atoms with Gasteiger partial charge in [-0.05, 0) is 18.2 Å². The van der Waals surface area contributed by atoms with Crippen molar-refractivity contribution in [3.8, 4) is 0 Å². The van der Waals surface area contributed by atoms with Crippen LogP contribution in [0.4, 0.5) is 0 Å². The van der Waals surface area contributed by atoms with Crippen molar-refractivity contribution >= 4 is 23.2 Å². The van der Waals surface area contributed by atoms with Crippen molar-refractivity contribution in [3.63, 3.8) is 0 Å². The van der Waals surface area contributed by atoms with E-state index in [4.69, 9.17) is 23.2 Å². The van der Waals surface area contributed by atoms with Gasteiger partial charge in [0.1, 0.15) is 11.9 Å². The lowest BCUT2D eigenvalue weighted by molar-refractivity contribution is 0.206. The third-order valence-corrected chi connectivity index (χ3v) is 2.93. The van der Waals surface area contributed by atoms with Crippen LogP contribution in [0.2, 0.25) is 10.0 Å². The fraction of sp³-hybridized carbons (Fsp3) is 0.182. The van der Waals surface area contributed by atoms with E-state index < -0.39 is 6.10 Å². The topological polar surface area (TPSA) is 38.0 Å². The van der Waals surface area contributed by atoms with Crippen LogP contribution in [0.25, 0.3) is 0 Å². The molecule has 0 radical (unpaired) electrons. The summed E-state index contributed by atoms with van der Waals surface area (Å²) in [5, 5.41) is 11.1. The quantitative estimate of drug-likeness (QED) is 0.898. The van der Waals surface area contributed by atoms with E-state index in [0.717, 1.165) is 0 Å². The number of hydrogen-bond donors (Lipinski definition) is 1. The first-order valence-corrected chi connectivity index (χ1v) is 5.45. The van der Waals surface area contributed by atoms with Gasteiger partial charge in [-0.3, -0.25) is 0 Å². The Morgan fingerprint density at radius 2 is 2.12 bits per heavy atom. The minimum absolute atomic E-state index is 0.472. The summed E-state index contributed by atoms with van der Waals surface area (Å²) in [6.07, 6.45) is 2.51. The number of aliphatic hydroxyl groups excluding tert-OH is 1. The zero-order valence-electron chi connectivity index (χ0n) is 8.56. The van der Waals surface area contributed by atoms with Crippen molar-refractivity contribution in [1.29, 1.82) is 0 Å². The molecule has 1 aromatic carbocycles. The number of rotatable bonds is 2. The van der Waals surface area contributed by atoms with Crippen LogP contribution in [0.15, 0.2) is 30.6 Å². The third kappa shape index (κ3) is 2.07. The summed E-state index contributed by atoms with van der Waals surface area (Å²) in [6.45, 7) is 0. The first-order chi connectivity index (χ1) is 7.59. The fourth-order valence-electron chi connectivity index (χ4n) is 1.50. The molecule has 0 saturated carbocycles. The zero-order valence-corrected chi connectivity index (χ0v) is 10.1. The number of aryl methyl sites for hydroxylation is 1. The van der Waals surface area contributed by atoms with Crippen LogP contribution in [0.5, 0.6) is 0 Å². The van der Waals surface area contributed by atoms with Gasteiger partial charge >= 0.3 is 0 Å². The molecule has 84 valence electrons. The average Bonchev–Trinajstić information content (AvgIpc) is 2.67. The molecular formula is C11H10Cl2N2O. The van der Waals surface area contributed by atoms with Crippen LogP contribution in [0.1, 0.15) is 17.5 Å². The summed E-state index contributed by atoms with van der Waals surface area (Å²) in [7, 11) is 1.81. The number of benzene rings is 1. The molecule has 2 aromatic rings. The second kappa shape index (κ2) is 4.45. The van der Waals surface area contributed by atoms with Crippen LogP contribution in [0, 0.1) is 0 Å². The number of hydrogen-bond acceptors (Lipinski definition) is 2. The van der Waals surface area contributed by atoms with Crippen molar-refractivity contribution in [1.82, 2.24) is 9.55 Å². The summed E-state index contributed by atoms with van der Waals surface area (Å²) in [5.41, 5.74) is 0.559. The van der Waals surface area contributed by atoms with Crippen molar-refractivity contribution in [2.75, 3.05) is 0 Å². The molecular weight excluding hydrogens is 247 g/mol. The Morgan fingerprint density at radius 3 is 2.75 bits per heavy atom. The molecule has 0 spiro atoms. The van der Waals surface area contributed by atoms with Gasteiger partial charge in [0.15, 0.2) is 0 Å². The van der Waals surface area contributed by atoms with E-state index in [2.05, 4.69) is 4.98 Å². The van der Waals surface area contributed by atoms with E-state index in [9.17, 15) is 5.11 Å². The van der Waals surface area contributed by atoms with E-state index in [1.165, 1.54) is 0 Å². The lowest BCUT2D eigenvalue weighted by atomic mass is 10.1. The molecule has 5 heteroatoms. The molecule has 1 unspecified atom stereocenters. The Balaban J connectivity index is 2.45. The van der Waals surface area contributed by atoms with Crippen molar-refractivity contribution in [2.45, 2.75) is 6.10 Å². The highest BCUT2D eigenvalue weighted by atomic mass is 35.5.